The molecule has 1 aliphatic heterocycles. The lowest BCUT2D eigenvalue weighted by atomic mass is 10.1. The van der Waals surface area contributed by atoms with E-state index in [4.69, 9.17) is 10.5 Å². The van der Waals surface area contributed by atoms with Crippen LogP contribution in [0.5, 0.6) is 0 Å². The van der Waals surface area contributed by atoms with Crippen LogP contribution in [0, 0.1) is 22.7 Å². The number of nitriles is 2. The third-order valence-corrected chi connectivity index (χ3v) is 3.90. The zero-order valence-electron chi connectivity index (χ0n) is 13.5. The van der Waals surface area contributed by atoms with Crippen LogP contribution in [0.15, 0.2) is 60.0 Å². The van der Waals surface area contributed by atoms with E-state index >= 15 is 0 Å². The summed E-state index contributed by atoms with van der Waals surface area (Å²) in [6.45, 7) is 2.23. The number of anilines is 1. The van der Waals surface area contributed by atoms with E-state index in [0.717, 1.165) is 12.1 Å². The minimum Gasteiger partial charge on any atom is -0.324 e. The first-order chi connectivity index (χ1) is 11.3. The highest BCUT2D eigenvalue weighted by atomic mass is 15.1. The molecule has 0 bridgehead atoms. The number of aryl methyl sites for hydroxylation is 1. The van der Waals surface area contributed by atoms with Crippen molar-refractivity contribution in [3.63, 3.8) is 0 Å². The van der Waals surface area contributed by atoms with Crippen molar-refractivity contribution in [2.24, 2.45) is 0 Å². The van der Waals surface area contributed by atoms with Gasteiger partial charge in [-0.1, -0.05) is 38.3 Å². The van der Waals surface area contributed by atoms with Gasteiger partial charge in [0, 0.05) is 23.7 Å². The van der Waals surface area contributed by atoms with Gasteiger partial charge < -0.3 is 4.90 Å². The highest BCUT2D eigenvalue weighted by Crippen LogP contribution is 2.22. The predicted octanol–water partition coefficient (Wildman–Crippen LogP) is 5.00. The van der Waals surface area contributed by atoms with Gasteiger partial charge in [-0.25, -0.2) is 0 Å². The number of hydrogen-bond acceptors (Lipinski definition) is 3. The minimum absolute atomic E-state index is 0.138. The highest BCUT2D eigenvalue weighted by Gasteiger charge is 2.07. The van der Waals surface area contributed by atoms with E-state index in [1.54, 1.807) is 12.2 Å². The van der Waals surface area contributed by atoms with Gasteiger partial charge in [0.2, 0.25) is 0 Å². The molecule has 23 heavy (non-hydrogen) atoms. The number of hydrogen-bond donors (Lipinski definition) is 0. The summed E-state index contributed by atoms with van der Waals surface area (Å²) in [4.78, 5) is 1.98. The second-order valence-electron chi connectivity index (χ2n) is 5.57. The highest BCUT2D eigenvalue weighted by molar-refractivity contribution is 5.60. The van der Waals surface area contributed by atoms with Crippen molar-refractivity contribution < 1.29 is 0 Å². The molecule has 1 aliphatic rings. The summed E-state index contributed by atoms with van der Waals surface area (Å²) in [5, 5.41) is 17.8. The van der Waals surface area contributed by atoms with Gasteiger partial charge in [0.1, 0.15) is 17.7 Å². The Morgan fingerprint density at radius 2 is 1.61 bits per heavy atom. The molecule has 0 aromatic heterocycles. The van der Waals surface area contributed by atoms with E-state index in [1.165, 1.54) is 31.2 Å². The molecule has 0 saturated carbocycles. The fraction of sp³-hybridized carbons (Fsp3) is 0.300. The van der Waals surface area contributed by atoms with Crippen molar-refractivity contribution in [1.29, 1.82) is 10.5 Å². The molecule has 2 rings (SSSR count). The van der Waals surface area contributed by atoms with Crippen LogP contribution in [-0.2, 0) is 6.42 Å². The molecule has 0 amide bonds. The van der Waals surface area contributed by atoms with Gasteiger partial charge in [0.15, 0.2) is 0 Å². The van der Waals surface area contributed by atoms with Crippen LogP contribution in [-0.4, -0.2) is 0 Å². The second kappa shape index (κ2) is 8.61. The minimum atomic E-state index is 0.138. The van der Waals surface area contributed by atoms with Crippen LogP contribution in [0.2, 0.25) is 0 Å². The Morgan fingerprint density at radius 1 is 0.957 bits per heavy atom. The Hall–Kier alpha value is -2.78. The molecule has 0 radical (unpaired) electrons. The van der Waals surface area contributed by atoms with E-state index in [9.17, 15) is 0 Å². The number of allylic oxidation sites excluding steroid dienone is 4. The maximum Gasteiger partial charge on any atom is 0.136 e. The van der Waals surface area contributed by atoms with E-state index in [2.05, 4.69) is 31.2 Å². The molecule has 0 fully saturated rings. The average molecular weight is 303 g/mol. The van der Waals surface area contributed by atoms with Crippen LogP contribution in [0.1, 0.15) is 38.2 Å². The zero-order valence-corrected chi connectivity index (χ0v) is 13.5. The van der Waals surface area contributed by atoms with Crippen molar-refractivity contribution in [2.45, 2.75) is 39.0 Å². The van der Waals surface area contributed by atoms with Crippen molar-refractivity contribution >= 4 is 5.69 Å². The molecule has 0 spiro atoms. The fourth-order valence-corrected chi connectivity index (χ4v) is 2.51. The molecule has 0 atom stereocenters. The van der Waals surface area contributed by atoms with Gasteiger partial charge in [-0.3, -0.25) is 0 Å². The largest absolute Gasteiger partial charge is 0.324 e. The van der Waals surface area contributed by atoms with Crippen molar-refractivity contribution in [3.8, 4) is 12.1 Å². The summed E-state index contributed by atoms with van der Waals surface area (Å²) in [5.74, 6) is 0. The normalized spacial score (nSPS) is 12.8. The van der Waals surface area contributed by atoms with Gasteiger partial charge in [-0.15, -0.1) is 0 Å². The van der Waals surface area contributed by atoms with Crippen LogP contribution >= 0.6 is 0 Å². The van der Waals surface area contributed by atoms with Crippen LogP contribution in [0.25, 0.3) is 0 Å². The molecular weight excluding hydrogens is 282 g/mol. The zero-order chi connectivity index (χ0) is 16.5. The summed E-state index contributed by atoms with van der Waals surface area (Å²) in [6.07, 6.45) is 13.6. The van der Waals surface area contributed by atoms with E-state index < -0.39 is 0 Å². The molecule has 3 nitrogen and oxygen atoms in total. The smallest absolute Gasteiger partial charge is 0.136 e. The first kappa shape index (κ1) is 16.6. The molecule has 0 unspecified atom stereocenters. The first-order valence-corrected chi connectivity index (χ1v) is 8.06. The lowest BCUT2D eigenvalue weighted by Gasteiger charge is -2.19. The van der Waals surface area contributed by atoms with Crippen LogP contribution in [0.3, 0.4) is 0 Å². The van der Waals surface area contributed by atoms with Crippen LogP contribution < -0.4 is 4.90 Å². The van der Waals surface area contributed by atoms with Gasteiger partial charge in [-0.05, 0) is 42.7 Å². The Bertz CT molecular complexity index is 662. The summed E-state index contributed by atoms with van der Waals surface area (Å²) < 4.78 is 0. The van der Waals surface area contributed by atoms with Crippen molar-refractivity contribution in [1.82, 2.24) is 0 Å². The maximum atomic E-state index is 8.88. The molecule has 1 aromatic rings. The molecule has 1 heterocycles. The molecular formula is C20H21N3. The molecule has 116 valence electrons. The fourth-order valence-electron chi connectivity index (χ4n) is 2.51. The standard InChI is InChI=1S/C20H21N3/c1-2-3-4-5-6-17-7-9-20(10-8-17)23-13-11-18(12-14-23)19(15-21)16-22/h7-14H,2-6H2,1H3. The molecule has 0 N–H and O–H groups in total. The van der Waals surface area contributed by atoms with Gasteiger partial charge >= 0.3 is 0 Å². The summed E-state index contributed by atoms with van der Waals surface area (Å²) in [6, 6.07) is 12.4. The lowest BCUT2D eigenvalue weighted by molar-refractivity contribution is 0.667. The predicted molar refractivity (Wildman–Crippen MR) is 93.3 cm³/mol. The van der Waals surface area contributed by atoms with Gasteiger partial charge in [0.25, 0.3) is 0 Å². The number of rotatable bonds is 6. The van der Waals surface area contributed by atoms with E-state index in [-0.39, 0.29) is 5.57 Å². The second-order valence-corrected chi connectivity index (χ2v) is 5.57. The Morgan fingerprint density at radius 3 is 2.17 bits per heavy atom. The third-order valence-electron chi connectivity index (χ3n) is 3.90. The van der Waals surface area contributed by atoms with Gasteiger partial charge in [0.05, 0.1) is 0 Å². The van der Waals surface area contributed by atoms with Gasteiger partial charge in [-0.2, -0.15) is 10.5 Å². The maximum absolute atomic E-state index is 8.88. The lowest BCUT2D eigenvalue weighted by Crippen LogP contribution is -2.10. The first-order valence-electron chi connectivity index (χ1n) is 8.06. The monoisotopic (exact) mass is 303 g/mol. The quantitative estimate of drug-likeness (QED) is 0.549. The topological polar surface area (TPSA) is 50.8 Å². The summed E-state index contributed by atoms with van der Waals surface area (Å²) in [7, 11) is 0. The molecule has 0 aliphatic carbocycles. The van der Waals surface area contributed by atoms with E-state index in [1.807, 2.05) is 29.4 Å². The third kappa shape index (κ3) is 4.59. The van der Waals surface area contributed by atoms with Crippen LogP contribution in [0.4, 0.5) is 5.69 Å². The van der Waals surface area contributed by atoms with Crippen molar-refractivity contribution in [2.75, 3.05) is 4.90 Å². The SMILES string of the molecule is CCCCCCc1ccc(N2C=CC(=C(C#N)C#N)C=C2)cc1. The summed E-state index contributed by atoms with van der Waals surface area (Å²) >= 11 is 0. The Kier molecular flexibility index (Phi) is 6.21. The Labute approximate surface area is 138 Å². The summed E-state index contributed by atoms with van der Waals surface area (Å²) in [5.41, 5.74) is 3.23. The number of unbranched alkanes of at least 4 members (excludes halogenated alkanes) is 3. The van der Waals surface area contributed by atoms with E-state index in [0.29, 0.717) is 5.57 Å². The molecule has 0 saturated heterocycles. The Balaban J connectivity index is 1.98. The molecule has 3 heteroatoms. The van der Waals surface area contributed by atoms with Crippen molar-refractivity contribution in [3.05, 3.63) is 65.5 Å². The average Bonchev–Trinajstić information content (AvgIpc) is 2.61. The molecule has 1 aromatic carbocycles. The number of benzene rings is 1. The number of nitrogens with zero attached hydrogens (tertiary/aromatic N) is 3.